The first-order chi connectivity index (χ1) is 10.4. The van der Waals surface area contributed by atoms with Gasteiger partial charge < -0.3 is 0 Å². The van der Waals surface area contributed by atoms with Crippen LogP contribution < -0.4 is 0 Å². The molecule has 0 aromatic heterocycles. The highest BCUT2D eigenvalue weighted by atomic mass is 79.9. The second kappa shape index (κ2) is 6.03. The van der Waals surface area contributed by atoms with Crippen LogP contribution in [-0.2, 0) is 15.6 Å². The number of fused-ring (bicyclic) bond motifs is 1. The molecular formula is C17H12BrClO2S. The lowest BCUT2D eigenvalue weighted by atomic mass is 10.1. The quantitative estimate of drug-likeness (QED) is 0.608. The van der Waals surface area contributed by atoms with E-state index in [-0.39, 0.29) is 5.75 Å². The van der Waals surface area contributed by atoms with E-state index in [4.69, 9.17) is 11.6 Å². The van der Waals surface area contributed by atoms with Crippen LogP contribution in [0, 0.1) is 0 Å². The molecule has 0 aliphatic carbocycles. The van der Waals surface area contributed by atoms with Crippen molar-refractivity contribution in [2.24, 2.45) is 0 Å². The number of sulfone groups is 1. The third-order valence-electron chi connectivity index (χ3n) is 3.38. The van der Waals surface area contributed by atoms with Gasteiger partial charge in [-0.2, -0.15) is 0 Å². The Hall–Kier alpha value is -1.36. The predicted octanol–water partition coefficient (Wildman–Crippen LogP) is 5.23. The lowest BCUT2D eigenvalue weighted by molar-refractivity contribution is 0.595. The molecule has 0 N–H and O–H groups in total. The third kappa shape index (κ3) is 3.35. The van der Waals surface area contributed by atoms with Gasteiger partial charge in [-0.05, 0) is 52.7 Å². The fraction of sp³-hybridized carbons (Fsp3) is 0.0588. The summed E-state index contributed by atoms with van der Waals surface area (Å²) in [7, 11) is -3.40. The average Bonchev–Trinajstić information content (AvgIpc) is 2.46. The summed E-state index contributed by atoms with van der Waals surface area (Å²) in [6.07, 6.45) is 0. The third-order valence-corrected chi connectivity index (χ3v) is 5.79. The summed E-state index contributed by atoms with van der Waals surface area (Å²) in [5, 5.41) is 2.43. The minimum atomic E-state index is -3.40. The van der Waals surface area contributed by atoms with Gasteiger partial charge in [0.2, 0.25) is 0 Å². The smallest absolute Gasteiger partial charge is 0.182 e. The van der Waals surface area contributed by atoms with Crippen LogP contribution in [0.25, 0.3) is 10.8 Å². The monoisotopic (exact) mass is 394 g/mol. The van der Waals surface area contributed by atoms with E-state index in [1.54, 1.807) is 36.4 Å². The molecule has 112 valence electrons. The summed E-state index contributed by atoms with van der Waals surface area (Å²) in [6, 6.07) is 17.9. The van der Waals surface area contributed by atoms with Crippen LogP contribution in [0.4, 0.5) is 0 Å². The molecule has 0 unspecified atom stereocenters. The zero-order valence-electron chi connectivity index (χ0n) is 11.5. The van der Waals surface area contributed by atoms with Gasteiger partial charge in [-0.15, -0.1) is 0 Å². The van der Waals surface area contributed by atoms with Crippen molar-refractivity contribution in [1.29, 1.82) is 0 Å². The summed E-state index contributed by atoms with van der Waals surface area (Å²) >= 11 is 9.32. The minimum Gasteiger partial charge on any atom is -0.223 e. The molecule has 22 heavy (non-hydrogen) atoms. The van der Waals surface area contributed by atoms with Crippen molar-refractivity contribution in [3.63, 3.8) is 0 Å². The molecule has 0 atom stereocenters. The lowest BCUT2D eigenvalue weighted by Gasteiger charge is -2.07. The molecule has 0 bridgehead atoms. The molecule has 0 radical (unpaired) electrons. The molecule has 3 aromatic rings. The van der Waals surface area contributed by atoms with E-state index in [1.807, 2.05) is 24.3 Å². The first-order valence-electron chi connectivity index (χ1n) is 6.61. The molecular weight excluding hydrogens is 384 g/mol. The van der Waals surface area contributed by atoms with Crippen LogP contribution >= 0.6 is 27.5 Å². The van der Waals surface area contributed by atoms with Crippen LogP contribution in [0.5, 0.6) is 0 Å². The molecule has 0 aliphatic rings. The zero-order valence-corrected chi connectivity index (χ0v) is 14.6. The van der Waals surface area contributed by atoms with E-state index in [0.29, 0.717) is 15.5 Å². The highest BCUT2D eigenvalue weighted by molar-refractivity contribution is 9.10. The maximum Gasteiger partial charge on any atom is 0.182 e. The first kappa shape index (κ1) is 15.5. The Morgan fingerprint density at radius 3 is 2.41 bits per heavy atom. The second-order valence-electron chi connectivity index (χ2n) is 5.04. The molecule has 0 saturated heterocycles. The van der Waals surface area contributed by atoms with Crippen molar-refractivity contribution in [3.05, 3.63) is 75.7 Å². The normalized spacial score (nSPS) is 11.7. The van der Waals surface area contributed by atoms with Crippen molar-refractivity contribution in [2.75, 3.05) is 0 Å². The number of halogens is 2. The van der Waals surface area contributed by atoms with Crippen molar-refractivity contribution in [2.45, 2.75) is 10.6 Å². The van der Waals surface area contributed by atoms with Crippen LogP contribution in [0.15, 0.2) is 70.0 Å². The molecule has 5 heteroatoms. The van der Waals surface area contributed by atoms with E-state index >= 15 is 0 Å². The SMILES string of the molecule is O=S(=O)(Cc1cccc(Cl)c1)c1ccc2cc(Br)ccc2c1. The molecule has 3 aromatic carbocycles. The van der Waals surface area contributed by atoms with E-state index < -0.39 is 9.84 Å². The average molecular weight is 396 g/mol. The summed E-state index contributed by atoms with van der Waals surface area (Å²) in [5.74, 6) is -0.0599. The Bertz CT molecular complexity index is 952. The molecule has 0 aliphatic heterocycles. The highest BCUT2D eigenvalue weighted by Crippen LogP contribution is 2.25. The van der Waals surface area contributed by atoms with Gasteiger partial charge in [0.05, 0.1) is 10.6 Å². The summed E-state index contributed by atoms with van der Waals surface area (Å²) in [6.45, 7) is 0. The van der Waals surface area contributed by atoms with E-state index in [1.165, 1.54) is 0 Å². The first-order valence-corrected chi connectivity index (χ1v) is 9.43. The maximum absolute atomic E-state index is 12.6. The van der Waals surface area contributed by atoms with Crippen molar-refractivity contribution in [3.8, 4) is 0 Å². The Labute approximate surface area is 142 Å². The van der Waals surface area contributed by atoms with E-state index in [9.17, 15) is 8.42 Å². The Morgan fingerprint density at radius 2 is 1.64 bits per heavy atom. The summed E-state index contributed by atoms with van der Waals surface area (Å²) < 4.78 is 26.1. The molecule has 3 rings (SSSR count). The highest BCUT2D eigenvalue weighted by Gasteiger charge is 2.16. The van der Waals surface area contributed by atoms with Gasteiger partial charge in [0, 0.05) is 9.50 Å². The largest absolute Gasteiger partial charge is 0.223 e. The van der Waals surface area contributed by atoms with E-state index in [2.05, 4.69) is 15.9 Å². The van der Waals surface area contributed by atoms with Crippen LogP contribution in [0.2, 0.25) is 5.02 Å². The molecule has 0 spiro atoms. The molecule has 0 fully saturated rings. The number of hydrogen-bond acceptors (Lipinski definition) is 2. The summed E-state index contributed by atoms with van der Waals surface area (Å²) in [5.41, 5.74) is 0.684. The van der Waals surface area contributed by atoms with Crippen LogP contribution in [-0.4, -0.2) is 8.42 Å². The van der Waals surface area contributed by atoms with Crippen molar-refractivity contribution < 1.29 is 8.42 Å². The van der Waals surface area contributed by atoms with Crippen molar-refractivity contribution >= 4 is 48.1 Å². The van der Waals surface area contributed by atoms with Gasteiger partial charge in [-0.1, -0.05) is 51.8 Å². The fourth-order valence-electron chi connectivity index (χ4n) is 2.32. The molecule has 0 heterocycles. The van der Waals surface area contributed by atoms with E-state index in [0.717, 1.165) is 15.2 Å². The minimum absolute atomic E-state index is 0.0599. The fourth-order valence-corrected chi connectivity index (χ4v) is 4.28. The maximum atomic E-state index is 12.6. The van der Waals surface area contributed by atoms with Gasteiger partial charge in [-0.3, -0.25) is 0 Å². The lowest BCUT2D eigenvalue weighted by Crippen LogP contribution is -2.04. The molecule has 2 nitrogen and oxygen atoms in total. The Morgan fingerprint density at radius 1 is 0.909 bits per heavy atom. The van der Waals surface area contributed by atoms with Gasteiger partial charge in [0.25, 0.3) is 0 Å². The topological polar surface area (TPSA) is 34.1 Å². The Kier molecular flexibility index (Phi) is 4.26. The van der Waals surface area contributed by atoms with Gasteiger partial charge in [0.1, 0.15) is 0 Å². The standard InChI is InChI=1S/C17H12BrClO2S/c18-15-6-4-14-10-17(7-5-13(14)9-15)22(20,21)11-12-2-1-3-16(19)8-12/h1-10H,11H2. The molecule has 0 amide bonds. The van der Waals surface area contributed by atoms with Gasteiger partial charge in [-0.25, -0.2) is 8.42 Å². The zero-order chi connectivity index (χ0) is 15.7. The van der Waals surface area contributed by atoms with Gasteiger partial charge >= 0.3 is 0 Å². The van der Waals surface area contributed by atoms with Crippen LogP contribution in [0.1, 0.15) is 5.56 Å². The van der Waals surface area contributed by atoms with Crippen molar-refractivity contribution in [1.82, 2.24) is 0 Å². The number of benzene rings is 3. The summed E-state index contributed by atoms with van der Waals surface area (Å²) in [4.78, 5) is 0.322. The molecule has 0 saturated carbocycles. The predicted molar refractivity (Wildman–Crippen MR) is 94.0 cm³/mol. The van der Waals surface area contributed by atoms with Crippen LogP contribution in [0.3, 0.4) is 0 Å². The van der Waals surface area contributed by atoms with Gasteiger partial charge in [0.15, 0.2) is 9.84 Å². The number of hydrogen-bond donors (Lipinski definition) is 0. The Balaban J connectivity index is 2.00. The second-order valence-corrected chi connectivity index (χ2v) is 8.38. The number of rotatable bonds is 3.